The van der Waals surface area contributed by atoms with Gasteiger partial charge in [0.25, 0.3) is 5.91 Å². The van der Waals surface area contributed by atoms with Crippen molar-refractivity contribution < 1.29 is 28.6 Å². The van der Waals surface area contributed by atoms with Gasteiger partial charge in [-0.1, -0.05) is 12.1 Å². The summed E-state index contributed by atoms with van der Waals surface area (Å²) < 4.78 is 16.0. The van der Waals surface area contributed by atoms with Gasteiger partial charge in [0, 0.05) is 31.9 Å². The van der Waals surface area contributed by atoms with E-state index in [0.717, 1.165) is 24.7 Å². The number of nitrogens with zero attached hydrogens (tertiary/aromatic N) is 1. The minimum atomic E-state index is -0.739. The van der Waals surface area contributed by atoms with Crippen LogP contribution in [-0.4, -0.2) is 63.4 Å². The van der Waals surface area contributed by atoms with Crippen LogP contribution >= 0.6 is 0 Å². The number of carbonyl (C=O) groups is 3. The maximum absolute atomic E-state index is 13.3. The zero-order valence-corrected chi connectivity index (χ0v) is 17.8. The number of methoxy groups -OCH3 is 3. The number of Topliss-reactive ketones (excluding diaryl/α,β-unsaturated/α-hetero) is 1. The van der Waals surface area contributed by atoms with Gasteiger partial charge < -0.3 is 23.9 Å². The Balaban J connectivity index is 2.03. The molecule has 0 spiro atoms. The highest BCUT2D eigenvalue weighted by molar-refractivity contribution is 6.20. The fourth-order valence-corrected chi connectivity index (χ4v) is 4.51. The van der Waals surface area contributed by atoms with Crippen LogP contribution in [0, 0.1) is 0 Å². The number of amides is 1. The fourth-order valence-electron chi connectivity index (χ4n) is 4.51. The molecule has 0 saturated carbocycles. The smallest absolute Gasteiger partial charge is 0.257 e. The molecular formula is C23H29NO6. The molecule has 162 valence electrons. The number of likely N-dealkylation sites (tertiary alicyclic amines) is 1. The third-order valence-electron chi connectivity index (χ3n) is 6.15. The average molecular weight is 415 g/mol. The number of hydrogen-bond acceptors (Lipinski definition) is 6. The maximum Gasteiger partial charge on any atom is 0.257 e. The Labute approximate surface area is 177 Å². The molecule has 1 fully saturated rings. The lowest BCUT2D eigenvalue weighted by Crippen LogP contribution is -2.42. The van der Waals surface area contributed by atoms with Gasteiger partial charge in [0.05, 0.1) is 32.4 Å². The zero-order chi connectivity index (χ0) is 21.7. The third-order valence-corrected chi connectivity index (χ3v) is 6.15. The number of ether oxygens (including phenoxy) is 3. The molecule has 0 bridgehead atoms. The molecule has 2 aliphatic rings. The van der Waals surface area contributed by atoms with E-state index in [2.05, 4.69) is 0 Å². The number of benzene rings is 1. The van der Waals surface area contributed by atoms with Crippen molar-refractivity contribution in [2.24, 2.45) is 0 Å². The summed E-state index contributed by atoms with van der Waals surface area (Å²) in [6.07, 6.45) is 5.13. The molecule has 1 aliphatic carbocycles. The first-order valence-electron chi connectivity index (χ1n) is 10.2. The molecule has 0 N–H and O–H groups in total. The van der Waals surface area contributed by atoms with E-state index in [1.54, 1.807) is 38.4 Å². The molecule has 2 atom stereocenters. The van der Waals surface area contributed by atoms with Crippen molar-refractivity contribution in [3.05, 3.63) is 35.4 Å². The standard InChI is InChI=1S/C23H29NO6/c1-28-15-17-5-4-11-24(17)22(27)18-14-23(10-12-25,9-8-19(18)26)16-6-7-20(29-2)21(13-16)30-3/h6-7,12-14,17H,4-5,8-11,15H2,1-3H3/t17-,23-/m0/s1. The van der Waals surface area contributed by atoms with E-state index in [4.69, 9.17) is 14.2 Å². The van der Waals surface area contributed by atoms with E-state index in [0.29, 0.717) is 31.1 Å². The van der Waals surface area contributed by atoms with Crippen molar-refractivity contribution in [3.63, 3.8) is 0 Å². The second-order valence-electron chi connectivity index (χ2n) is 7.83. The molecular weight excluding hydrogens is 386 g/mol. The normalized spacial score (nSPS) is 23.8. The first-order chi connectivity index (χ1) is 14.5. The Kier molecular flexibility index (Phi) is 6.92. The van der Waals surface area contributed by atoms with Gasteiger partial charge >= 0.3 is 0 Å². The van der Waals surface area contributed by atoms with Gasteiger partial charge in [-0.2, -0.15) is 0 Å². The highest BCUT2D eigenvalue weighted by Crippen LogP contribution is 2.42. The summed E-state index contributed by atoms with van der Waals surface area (Å²) >= 11 is 0. The number of aldehydes is 1. The van der Waals surface area contributed by atoms with Crippen molar-refractivity contribution in [1.82, 2.24) is 4.90 Å². The van der Waals surface area contributed by atoms with Gasteiger partial charge in [0.2, 0.25) is 0 Å². The second-order valence-corrected chi connectivity index (χ2v) is 7.83. The van der Waals surface area contributed by atoms with Crippen LogP contribution in [0.5, 0.6) is 11.5 Å². The van der Waals surface area contributed by atoms with Crippen LogP contribution in [0.15, 0.2) is 29.8 Å². The average Bonchev–Trinajstić information content (AvgIpc) is 3.23. The number of allylic oxidation sites excluding steroid dienone is 1. The third kappa shape index (κ3) is 4.12. The van der Waals surface area contributed by atoms with Gasteiger partial charge in [-0.15, -0.1) is 0 Å². The summed E-state index contributed by atoms with van der Waals surface area (Å²) in [6, 6.07) is 5.43. The van der Waals surface area contributed by atoms with Crippen LogP contribution in [-0.2, 0) is 24.5 Å². The highest BCUT2D eigenvalue weighted by Gasteiger charge is 2.40. The van der Waals surface area contributed by atoms with Crippen molar-refractivity contribution in [2.75, 3.05) is 34.5 Å². The molecule has 7 nitrogen and oxygen atoms in total. The van der Waals surface area contributed by atoms with E-state index >= 15 is 0 Å². The molecule has 1 heterocycles. The Bertz CT molecular complexity index is 848. The fraction of sp³-hybridized carbons (Fsp3) is 0.522. The summed E-state index contributed by atoms with van der Waals surface area (Å²) in [4.78, 5) is 39.3. The molecule has 1 aromatic carbocycles. The summed E-state index contributed by atoms with van der Waals surface area (Å²) in [5.74, 6) is 0.673. The topological polar surface area (TPSA) is 82.1 Å². The van der Waals surface area contributed by atoms with Crippen molar-refractivity contribution in [3.8, 4) is 11.5 Å². The minimum absolute atomic E-state index is 0.0281. The largest absolute Gasteiger partial charge is 0.493 e. The van der Waals surface area contributed by atoms with E-state index in [1.165, 1.54) is 0 Å². The molecule has 0 unspecified atom stereocenters. The van der Waals surface area contributed by atoms with E-state index < -0.39 is 5.41 Å². The Morgan fingerprint density at radius 3 is 2.67 bits per heavy atom. The van der Waals surface area contributed by atoms with Gasteiger partial charge in [-0.25, -0.2) is 0 Å². The van der Waals surface area contributed by atoms with Gasteiger partial charge in [-0.05, 0) is 37.0 Å². The van der Waals surface area contributed by atoms with Crippen molar-refractivity contribution >= 4 is 18.0 Å². The summed E-state index contributed by atoms with van der Waals surface area (Å²) in [7, 11) is 4.71. The molecule has 30 heavy (non-hydrogen) atoms. The predicted molar refractivity (Wildman–Crippen MR) is 111 cm³/mol. The lowest BCUT2D eigenvalue weighted by molar-refractivity contribution is -0.131. The van der Waals surface area contributed by atoms with Gasteiger partial charge in [0.1, 0.15) is 6.29 Å². The molecule has 1 aliphatic heterocycles. The molecule has 0 aromatic heterocycles. The number of rotatable bonds is 8. The van der Waals surface area contributed by atoms with Crippen LogP contribution in [0.1, 0.15) is 37.7 Å². The van der Waals surface area contributed by atoms with Crippen molar-refractivity contribution in [2.45, 2.75) is 43.6 Å². The highest BCUT2D eigenvalue weighted by atomic mass is 16.5. The minimum Gasteiger partial charge on any atom is -0.493 e. The van der Waals surface area contributed by atoms with Crippen LogP contribution in [0.25, 0.3) is 0 Å². The lowest BCUT2D eigenvalue weighted by Gasteiger charge is -2.35. The molecule has 1 aromatic rings. The Hall–Kier alpha value is -2.67. The number of ketones is 1. The Morgan fingerprint density at radius 2 is 2.00 bits per heavy atom. The van der Waals surface area contributed by atoms with Crippen LogP contribution in [0.4, 0.5) is 0 Å². The quantitative estimate of drug-likeness (QED) is 0.479. The first kappa shape index (κ1) is 22.0. The molecule has 1 saturated heterocycles. The molecule has 7 heteroatoms. The van der Waals surface area contributed by atoms with Crippen LogP contribution in [0.2, 0.25) is 0 Å². The Morgan fingerprint density at radius 1 is 1.23 bits per heavy atom. The number of hydrogen-bond donors (Lipinski definition) is 0. The summed E-state index contributed by atoms with van der Waals surface area (Å²) in [5.41, 5.74) is 0.247. The predicted octanol–water partition coefficient (Wildman–Crippen LogP) is 2.46. The second kappa shape index (κ2) is 9.43. The zero-order valence-electron chi connectivity index (χ0n) is 17.8. The van der Waals surface area contributed by atoms with E-state index in [1.807, 2.05) is 12.1 Å². The number of carbonyl (C=O) groups excluding carboxylic acids is 3. The maximum atomic E-state index is 13.3. The first-order valence-corrected chi connectivity index (χ1v) is 10.2. The summed E-state index contributed by atoms with van der Waals surface area (Å²) in [5, 5.41) is 0. The van der Waals surface area contributed by atoms with Crippen molar-refractivity contribution in [1.29, 1.82) is 0 Å². The van der Waals surface area contributed by atoms with E-state index in [-0.39, 0.29) is 36.1 Å². The molecule has 3 rings (SSSR count). The van der Waals surface area contributed by atoms with Crippen LogP contribution < -0.4 is 9.47 Å². The monoisotopic (exact) mass is 415 g/mol. The van der Waals surface area contributed by atoms with E-state index in [9.17, 15) is 14.4 Å². The van der Waals surface area contributed by atoms with Crippen LogP contribution in [0.3, 0.4) is 0 Å². The SMILES string of the molecule is COC[C@@H]1CCCN1C(=O)C1=C[C@](CC=O)(c2ccc(OC)c(OC)c2)CCC1=O. The lowest BCUT2D eigenvalue weighted by atomic mass is 9.69. The van der Waals surface area contributed by atoms with Gasteiger partial charge in [-0.3, -0.25) is 9.59 Å². The summed E-state index contributed by atoms with van der Waals surface area (Å²) in [6.45, 7) is 1.05. The van der Waals surface area contributed by atoms with Gasteiger partial charge in [0.15, 0.2) is 17.3 Å². The molecule has 0 radical (unpaired) electrons. The molecule has 1 amide bonds.